The number of carbonyl (C=O) groups excluding carboxylic acids is 1. The van der Waals surface area contributed by atoms with Crippen molar-refractivity contribution in [3.63, 3.8) is 0 Å². The van der Waals surface area contributed by atoms with E-state index in [1.165, 1.54) is 18.3 Å². The van der Waals surface area contributed by atoms with Gasteiger partial charge in [0.25, 0.3) is 5.91 Å². The molecule has 0 radical (unpaired) electrons. The molecule has 0 fully saturated rings. The van der Waals surface area contributed by atoms with Gasteiger partial charge in [-0.15, -0.1) is 0 Å². The van der Waals surface area contributed by atoms with Crippen molar-refractivity contribution in [2.45, 2.75) is 25.7 Å². The number of aromatic nitrogens is 1. The number of benzene rings is 1. The lowest BCUT2D eigenvalue weighted by molar-refractivity contribution is 0.102. The molecular formula is C16H18ClN3O4S. The van der Waals surface area contributed by atoms with Gasteiger partial charge in [0.1, 0.15) is 5.02 Å². The number of primary sulfonamides is 1. The molecule has 0 aliphatic rings. The van der Waals surface area contributed by atoms with Crippen molar-refractivity contribution in [3.8, 4) is 5.88 Å². The topological polar surface area (TPSA) is 111 Å². The number of ether oxygens (including phenoxy) is 1. The third-order valence-electron chi connectivity index (χ3n) is 2.97. The Morgan fingerprint density at radius 2 is 2.08 bits per heavy atom. The van der Waals surface area contributed by atoms with Crippen LogP contribution < -0.4 is 15.2 Å². The predicted octanol–water partition coefficient (Wildman–Crippen LogP) is 2.56. The highest BCUT2D eigenvalue weighted by atomic mass is 35.5. The van der Waals surface area contributed by atoms with Crippen molar-refractivity contribution in [1.29, 1.82) is 0 Å². The molecule has 1 aromatic heterocycles. The highest BCUT2D eigenvalue weighted by Crippen LogP contribution is 2.24. The highest BCUT2D eigenvalue weighted by molar-refractivity contribution is 7.88. The van der Waals surface area contributed by atoms with Crippen LogP contribution in [0.25, 0.3) is 0 Å². The Labute approximate surface area is 151 Å². The summed E-state index contributed by atoms with van der Waals surface area (Å²) >= 11 is 6.07. The first-order valence-corrected chi connectivity index (χ1v) is 9.46. The zero-order chi connectivity index (χ0) is 18.6. The summed E-state index contributed by atoms with van der Waals surface area (Å²) in [7, 11) is -3.65. The van der Waals surface area contributed by atoms with Crippen LogP contribution in [0, 0.1) is 0 Å². The first-order chi connectivity index (χ1) is 11.6. The normalized spacial score (nSPS) is 11.4. The van der Waals surface area contributed by atoms with Crippen molar-refractivity contribution >= 4 is 33.2 Å². The van der Waals surface area contributed by atoms with E-state index in [4.69, 9.17) is 21.5 Å². The van der Waals surface area contributed by atoms with Crippen molar-refractivity contribution in [2.75, 3.05) is 5.32 Å². The van der Waals surface area contributed by atoms with Crippen LogP contribution in [0.5, 0.6) is 5.88 Å². The number of halogens is 1. The van der Waals surface area contributed by atoms with Gasteiger partial charge in [0.05, 0.1) is 17.4 Å². The van der Waals surface area contributed by atoms with Crippen LogP contribution in [-0.4, -0.2) is 25.4 Å². The number of carbonyl (C=O) groups is 1. The first kappa shape index (κ1) is 19.2. The molecule has 0 atom stereocenters. The van der Waals surface area contributed by atoms with Crippen LogP contribution in [-0.2, 0) is 15.8 Å². The van der Waals surface area contributed by atoms with Crippen LogP contribution in [0.4, 0.5) is 5.69 Å². The molecule has 1 aromatic carbocycles. The third kappa shape index (κ3) is 6.00. The molecule has 0 spiro atoms. The summed E-state index contributed by atoms with van der Waals surface area (Å²) in [5, 5.41) is 7.91. The summed E-state index contributed by atoms with van der Waals surface area (Å²) in [4.78, 5) is 16.3. The third-order valence-corrected chi connectivity index (χ3v) is 3.98. The number of amides is 1. The van der Waals surface area contributed by atoms with Crippen molar-refractivity contribution in [1.82, 2.24) is 4.98 Å². The van der Waals surface area contributed by atoms with Gasteiger partial charge in [-0.3, -0.25) is 4.79 Å². The molecule has 3 N–H and O–H groups in total. The first-order valence-electron chi connectivity index (χ1n) is 7.37. The molecule has 134 valence electrons. The number of rotatable bonds is 6. The summed E-state index contributed by atoms with van der Waals surface area (Å²) in [6.07, 6.45) is 1.26. The molecule has 0 bridgehead atoms. The highest BCUT2D eigenvalue weighted by Gasteiger charge is 2.13. The van der Waals surface area contributed by atoms with Crippen molar-refractivity contribution < 1.29 is 17.9 Å². The number of sulfonamides is 1. The lowest BCUT2D eigenvalue weighted by Gasteiger charge is -2.11. The van der Waals surface area contributed by atoms with Crippen LogP contribution in [0.3, 0.4) is 0 Å². The fourth-order valence-electron chi connectivity index (χ4n) is 2.03. The fraction of sp³-hybridized carbons (Fsp3) is 0.250. The zero-order valence-corrected chi connectivity index (χ0v) is 15.3. The molecule has 0 saturated heterocycles. The Morgan fingerprint density at radius 1 is 1.36 bits per heavy atom. The molecule has 0 saturated carbocycles. The van der Waals surface area contributed by atoms with Gasteiger partial charge >= 0.3 is 0 Å². The predicted molar refractivity (Wildman–Crippen MR) is 96.2 cm³/mol. The molecule has 2 rings (SSSR count). The van der Waals surface area contributed by atoms with E-state index in [1.807, 2.05) is 13.8 Å². The van der Waals surface area contributed by atoms with Crippen molar-refractivity contribution in [3.05, 3.63) is 52.7 Å². The second kappa shape index (κ2) is 7.81. The quantitative estimate of drug-likeness (QED) is 0.796. The lowest BCUT2D eigenvalue weighted by atomic mass is 10.2. The Morgan fingerprint density at radius 3 is 2.68 bits per heavy atom. The standard InChI is InChI=1S/C16H18ClN3O4S/c1-10(2)24-16-14(17)7-12(8-19-16)15(21)20-13-5-3-4-11(6-13)9-25(18,22)23/h3-8,10H,9H2,1-2H3,(H,20,21)(H2,18,22,23). The summed E-state index contributed by atoms with van der Waals surface area (Å²) in [5.74, 6) is -0.493. The van der Waals surface area contributed by atoms with Crippen LogP contribution in [0.1, 0.15) is 29.8 Å². The van der Waals surface area contributed by atoms with Gasteiger partial charge in [-0.1, -0.05) is 23.7 Å². The second-order valence-corrected chi connectivity index (χ2v) is 7.66. The minimum absolute atomic E-state index is 0.0914. The average Bonchev–Trinajstić information content (AvgIpc) is 2.47. The minimum atomic E-state index is -3.65. The summed E-state index contributed by atoms with van der Waals surface area (Å²) in [6.45, 7) is 3.68. The monoisotopic (exact) mass is 383 g/mol. The van der Waals surface area contributed by atoms with E-state index in [0.717, 1.165) is 0 Å². The number of hydrogen-bond acceptors (Lipinski definition) is 5. The number of nitrogens with one attached hydrogen (secondary N) is 1. The van der Waals surface area contributed by atoms with E-state index >= 15 is 0 Å². The maximum Gasteiger partial charge on any atom is 0.257 e. The molecule has 1 amide bonds. The van der Waals surface area contributed by atoms with E-state index in [1.54, 1.807) is 18.2 Å². The Balaban J connectivity index is 2.14. The Bertz CT molecular complexity index is 885. The zero-order valence-electron chi connectivity index (χ0n) is 13.7. The lowest BCUT2D eigenvalue weighted by Crippen LogP contribution is -2.15. The van der Waals surface area contributed by atoms with E-state index in [9.17, 15) is 13.2 Å². The molecule has 7 nitrogen and oxygen atoms in total. The molecule has 2 aromatic rings. The summed E-state index contributed by atoms with van der Waals surface area (Å²) in [5.41, 5.74) is 1.15. The van der Waals surface area contributed by atoms with Gasteiger partial charge < -0.3 is 10.1 Å². The van der Waals surface area contributed by atoms with Gasteiger partial charge in [0.15, 0.2) is 0 Å². The number of nitrogens with two attached hydrogens (primary N) is 1. The summed E-state index contributed by atoms with van der Waals surface area (Å²) < 4.78 is 27.7. The second-order valence-electron chi connectivity index (χ2n) is 5.64. The van der Waals surface area contributed by atoms with Crippen LogP contribution >= 0.6 is 11.6 Å². The van der Waals surface area contributed by atoms with Crippen LogP contribution in [0.15, 0.2) is 36.5 Å². The van der Waals surface area contributed by atoms with Gasteiger partial charge in [-0.25, -0.2) is 18.5 Å². The maximum atomic E-state index is 12.3. The number of anilines is 1. The fourth-order valence-corrected chi connectivity index (χ4v) is 2.89. The molecule has 0 aliphatic heterocycles. The largest absolute Gasteiger partial charge is 0.474 e. The molecular weight excluding hydrogens is 366 g/mol. The minimum Gasteiger partial charge on any atom is -0.474 e. The van der Waals surface area contributed by atoms with Crippen LogP contribution in [0.2, 0.25) is 5.02 Å². The molecule has 0 unspecified atom stereocenters. The molecule has 0 aliphatic carbocycles. The van der Waals surface area contributed by atoms with Gasteiger partial charge in [-0.2, -0.15) is 0 Å². The number of nitrogens with zero attached hydrogens (tertiary/aromatic N) is 1. The smallest absolute Gasteiger partial charge is 0.257 e. The summed E-state index contributed by atoms with van der Waals surface area (Å²) in [6, 6.07) is 7.86. The average molecular weight is 384 g/mol. The van der Waals surface area contributed by atoms with Gasteiger partial charge in [0, 0.05) is 11.9 Å². The van der Waals surface area contributed by atoms with E-state index in [2.05, 4.69) is 10.3 Å². The van der Waals surface area contributed by atoms with Gasteiger partial charge in [-0.05, 0) is 37.6 Å². The van der Waals surface area contributed by atoms with E-state index in [-0.39, 0.29) is 28.3 Å². The Kier molecular flexibility index (Phi) is 5.99. The SMILES string of the molecule is CC(C)Oc1ncc(C(=O)Nc2cccc(CS(N)(=O)=O)c2)cc1Cl. The number of pyridine rings is 1. The van der Waals surface area contributed by atoms with E-state index in [0.29, 0.717) is 11.3 Å². The maximum absolute atomic E-state index is 12.3. The molecule has 9 heteroatoms. The van der Waals surface area contributed by atoms with Crippen molar-refractivity contribution in [2.24, 2.45) is 5.14 Å². The van der Waals surface area contributed by atoms with Gasteiger partial charge in [0.2, 0.25) is 15.9 Å². The molecule has 1 heterocycles. The van der Waals surface area contributed by atoms with E-state index < -0.39 is 15.9 Å². The Hall–Kier alpha value is -2.16. The number of hydrogen-bond donors (Lipinski definition) is 2. The molecule has 25 heavy (non-hydrogen) atoms.